The molecule has 0 heterocycles. The van der Waals surface area contributed by atoms with Gasteiger partial charge in [-0.05, 0) is 42.0 Å². The molecule has 0 saturated heterocycles. The van der Waals surface area contributed by atoms with E-state index in [1.54, 1.807) is 37.4 Å². The standard InChI is InChI=1S/C25H25ClN2O6/c1-30-21-11-16(9-10-20(21)34-15-17-7-5-6-8-19(17)26)14-27-28-25(29)18-12-22(31-2)24(33-4)23(13-18)32-3/h5-14H,15H2,1-4H3,(H,28,29)/b27-14+. The van der Waals surface area contributed by atoms with E-state index in [2.05, 4.69) is 10.5 Å². The van der Waals surface area contributed by atoms with Gasteiger partial charge in [-0.3, -0.25) is 4.79 Å². The molecule has 0 atom stereocenters. The molecule has 0 saturated carbocycles. The van der Waals surface area contributed by atoms with Crippen molar-refractivity contribution in [1.82, 2.24) is 5.43 Å². The lowest BCUT2D eigenvalue weighted by atomic mass is 10.1. The normalized spacial score (nSPS) is 10.6. The fraction of sp³-hybridized carbons (Fsp3) is 0.200. The van der Waals surface area contributed by atoms with Crippen molar-refractivity contribution in [2.45, 2.75) is 6.61 Å². The Morgan fingerprint density at radius 3 is 2.18 bits per heavy atom. The van der Waals surface area contributed by atoms with E-state index in [9.17, 15) is 4.79 Å². The van der Waals surface area contributed by atoms with Crippen LogP contribution in [0.4, 0.5) is 0 Å². The van der Waals surface area contributed by atoms with E-state index in [1.165, 1.54) is 27.5 Å². The highest BCUT2D eigenvalue weighted by molar-refractivity contribution is 6.31. The highest BCUT2D eigenvalue weighted by atomic mass is 35.5. The zero-order valence-corrected chi connectivity index (χ0v) is 20.0. The Morgan fingerprint density at radius 1 is 0.882 bits per heavy atom. The average molecular weight is 485 g/mol. The maximum atomic E-state index is 12.6. The zero-order valence-electron chi connectivity index (χ0n) is 19.3. The van der Waals surface area contributed by atoms with Crippen LogP contribution in [0.25, 0.3) is 0 Å². The van der Waals surface area contributed by atoms with Gasteiger partial charge in [-0.1, -0.05) is 29.8 Å². The van der Waals surface area contributed by atoms with E-state index in [1.807, 2.05) is 24.3 Å². The molecule has 9 heteroatoms. The molecule has 0 radical (unpaired) electrons. The quantitative estimate of drug-likeness (QED) is 0.331. The number of carbonyl (C=O) groups is 1. The molecule has 0 aromatic heterocycles. The first kappa shape index (κ1) is 24.7. The van der Waals surface area contributed by atoms with Crippen molar-refractivity contribution in [2.75, 3.05) is 28.4 Å². The summed E-state index contributed by atoms with van der Waals surface area (Å²) in [6, 6.07) is 15.8. The topological polar surface area (TPSA) is 87.6 Å². The summed E-state index contributed by atoms with van der Waals surface area (Å²) in [6.07, 6.45) is 1.50. The molecular weight excluding hydrogens is 460 g/mol. The maximum absolute atomic E-state index is 12.6. The second kappa shape index (κ2) is 11.8. The molecule has 0 aliphatic rings. The van der Waals surface area contributed by atoms with E-state index < -0.39 is 5.91 Å². The molecule has 0 aliphatic heterocycles. The molecule has 0 aliphatic carbocycles. The molecule has 3 aromatic carbocycles. The van der Waals surface area contributed by atoms with Gasteiger partial charge in [-0.25, -0.2) is 5.43 Å². The number of hydrogen-bond donors (Lipinski definition) is 1. The molecule has 8 nitrogen and oxygen atoms in total. The second-order valence-electron chi connectivity index (χ2n) is 6.90. The van der Waals surface area contributed by atoms with Gasteiger partial charge in [-0.2, -0.15) is 5.10 Å². The van der Waals surface area contributed by atoms with Crippen LogP contribution in [0.1, 0.15) is 21.5 Å². The Hall–Kier alpha value is -3.91. The summed E-state index contributed by atoms with van der Waals surface area (Å²) in [5.41, 5.74) is 4.35. The van der Waals surface area contributed by atoms with Crippen molar-refractivity contribution in [2.24, 2.45) is 5.10 Å². The van der Waals surface area contributed by atoms with Crippen LogP contribution in [0.15, 0.2) is 59.7 Å². The lowest BCUT2D eigenvalue weighted by Gasteiger charge is -2.13. The lowest BCUT2D eigenvalue weighted by Crippen LogP contribution is -2.18. The molecule has 3 aromatic rings. The molecule has 0 unspecified atom stereocenters. The van der Waals surface area contributed by atoms with E-state index in [0.717, 1.165) is 5.56 Å². The van der Waals surface area contributed by atoms with Crippen molar-refractivity contribution in [3.63, 3.8) is 0 Å². The molecule has 0 fully saturated rings. The Morgan fingerprint density at radius 2 is 1.56 bits per heavy atom. The Labute approximate surface area is 203 Å². The Balaban J connectivity index is 1.68. The molecule has 1 N–H and O–H groups in total. The van der Waals surface area contributed by atoms with Crippen LogP contribution in [-0.2, 0) is 6.61 Å². The minimum absolute atomic E-state index is 0.299. The number of rotatable bonds is 10. The molecule has 3 rings (SSSR count). The fourth-order valence-corrected chi connectivity index (χ4v) is 3.29. The van der Waals surface area contributed by atoms with Crippen molar-refractivity contribution in [3.8, 4) is 28.7 Å². The Kier molecular flexibility index (Phi) is 8.59. The van der Waals surface area contributed by atoms with Gasteiger partial charge in [0.1, 0.15) is 6.61 Å². The highest BCUT2D eigenvalue weighted by Gasteiger charge is 2.16. The van der Waals surface area contributed by atoms with Gasteiger partial charge in [0, 0.05) is 16.1 Å². The summed E-state index contributed by atoms with van der Waals surface area (Å²) < 4.78 is 27.1. The first-order valence-corrected chi connectivity index (χ1v) is 10.6. The predicted octanol–water partition coefficient (Wildman–Crippen LogP) is 4.72. The smallest absolute Gasteiger partial charge is 0.271 e. The largest absolute Gasteiger partial charge is 0.493 e. The third-order valence-corrected chi connectivity index (χ3v) is 5.20. The molecular formula is C25H25ClN2O6. The molecule has 178 valence electrons. The summed E-state index contributed by atoms with van der Waals surface area (Å²) in [5, 5.41) is 4.66. The van der Waals surface area contributed by atoms with Gasteiger partial charge in [0.2, 0.25) is 5.75 Å². The van der Waals surface area contributed by atoms with Crippen LogP contribution < -0.4 is 29.1 Å². The van der Waals surface area contributed by atoms with Crippen molar-refractivity contribution in [3.05, 3.63) is 76.3 Å². The third kappa shape index (κ3) is 5.90. The monoisotopic (exact) mass is 484 g/mol. The second-order valence-corrected chi connectivity index (χ2v) is 7.31. The summed E-state index contributed by atoms with van der Waals surface area (Å²) in [6.45, 7) is 0.300. The number of methoxy groups -OCH3 is 4. The van der Waals surface area contributed by atoms with Gasteiger partial charge in [0.05, 0.1) is 34.7 Å². The van der Waals surface area contributed by atoms with Crippen molar-refractivity contribution in [1.29, 1.82) is 0 Å². The summed E-state index contributed by atoms with van der Waals surface area (Å²) in [4.78, 5) is 12.6. The molecule has 0 bridgehead atoms. The number of carbonyl (C=O) groups excluding carboxylic acids is 1. The van der Waals surface area contributed by atoms with Gasteiger partial charge in [-0.15, -0.1) is 0 Å². The van der Waals surface area contributed by atoms with E-state index in [-0.39, 0.29) is 0 Å². The maximum Gasteiger partial charge on any atom is 0.271 e. The van der Waals surface area contributed by atoms with Gasteiger partial charge in [0.15, 0.2) is 23.0 Å². The first-order valence-electron chi connectivity index (χ1n) is 10.2. The number of benzene rings is 3. The van der Waals surface area contributed by atoms with Crippen LogP contribution in [0.3, 0.4) is 0 Å². The predicted molar refractivity (Wildman–Crippen MR) is 130 cm³/mol. The minimum Gasteiger partial charge on any atom is -0.493 e. The van der Waals surface area contributed by atoms with Gasteiger partial charge >= 0.3 is 0 Å². The van der Waals surface area contributed by atoms with Crippen LogP contribution in [0.2, 0.25) is 5.02 Å². The SMILES string of the molecule is COc1cc(/C=N/NC(=O)c2cc(OC)c(OC)c(OC)c2)ccc1OCc1ccccc1Cl. The van der Waals surface area contributed by atoms with Crippen molar-refractivity contribution >= 4 is 23.7 Å². The van der Waals surface area contributed by atoms with E-state index in [0.29, 0.717) is 51.5 Å². The van der Waals surface area contributed by atoms with Gasteiger partial charge < -0.3 is 23.7 Å². The van der Waals surface area contributed by atoms with Crippen LogP contribution >= 0.6 is 11.6 Å². The van der Waals surface area contributed by atoms with E-state index in [4.69, 9.17) is 35.3 Å². The van der Waals surface area contributed by atoms with Gasteiger partial charge in [0.25, 0.3) is 5.91 Å². The number of amides is 1. The van der Waals surface area contributed by atoms with Crippen LogP contribution in [0.5, 0.6) is 28.7 Å². The average Bonchev–Trinajstić information content (AvgIpc) is 2.87. The third-order valence-electron chi connectivity index (χ3n) is 4.84. The highest BCUT2D eigenvalue weighted by Crippen LogP contribution is 2.38. The van der Waals surface area contributed by atoms with Crippen LogP contribution in [0, 0.1) is 0 Å². The molecule has 0 spiro atoms. The minimum atomic E-state index is -0.442. The number of nitrogens with one attached hydrogen (secondary N) is 1. The zero-order chi connectivity index (χ0) is 24.5. The fourth-order valence-electron chi connectivity index (χ4n) is 3.10. The number of ether oxygens (including phenoxy) is 5. The number of halogens is 1. The number of hydrazone groups is 1. The summed E-state index contributed by atoms with van der Waals surface area (Å²) in [5.74, 6) is 1.77. The Bertz CT molecular complexity index is 1160. The summed E-state index contributed by atoms with van der Waals surface area (Å²) in [7, 11) is 6.00. The molecule has 1 amide bonds. The van der Waals surface area contributed by atoms with Crippen LogP contribution in [-0.4, -0.2) is 40.6 Å². The summed E-state index contributed by atoms with van der Waals surface area (Å²) >= 11 is 6.18. The number of nitrogens with zero attached hydrogens (tertiary/aromatic N) is 1. The lowest BCUT2D eigenvalue weighted by molar-refractivity contribution is 0.0954. The molecule has 34 heavy (non-hydrogen) atoms. The first-order chi connectivity index (χ1) is 16.5. The number of hydrogen-bond acceptors (Lipinski definition) is 7. The van der Waals surface area contributed by atoms with Crippen molar-refractivity contribution < 1.29 is 28.5 Å². The van der Waals surface area contributed by atoms with E-state index >= 15 is 0 Å².